The fourth-order valence-corrected chi connectivity index (χ4v) is 5.08. The third kappa shape index (κ3) is 5.72. The average molecular weight is 415 g/mol. The fraction of sp³-hybridized carbons (Fsp3) is 0.696. The predicted octanol–water partition coefficient (Wildman–Crippen LogP) is 2.66. The van der Waals surface area contributed by atoms with E-state index in [-0.39, 0.29) is 36.0 Å². The molecule has 0 spiro atoms. The van der Waals surface area contributed by atoms with E-state index in [1.54, 1.807) is 12.4 Å². The van der Waals surface area contributed by atoms with Gasteiger partial charge in [0.1, 0.15) is 5.75 Å². The smallest absolute Gasteiger partial charge is 0.225 e. The molecule has 0 bridgehead atoms. The maximum absolute atomic E-state index is 12.4. The van der Waals surface area contributed by atoms with Crippen LogP contribution in [0, 0.1) is 5.92 Å². The van der Waals surface area contributed by atoms with E-state index < -0.39 is 0 Å². The maximum Gasteiger partial charge on any atom is 0.225 e. The van der Waals surface area contributed by atoms with Crippen molar-refractivity contribution in [2.75, 3.05) is 0 Å². The number of amides is 2. The Morgan fingerprint density at radius 3 is 2.80 bits per heavy atom. The van der Waals surface area contributed by atoms with Gasteiger partial charge in [-0.3, -0.25) is 19.9 Å². The predicted molar refractivity (Wildman–Crippen MR) is 114 cm³/mol. The number of fused-ring (bicyclic) bond motifs is 1. The molecule has 7 nitrogen and oxygen atoms in total. The molecule has 3 aliphatic rings. The fourth-order valence-electron chi connectivity index (χ4n) is 5.08. The van der Waals surface area contributed by atoms with Crippen LogP contribution in [-0.4, -0.2) is 41.2 Å². The Morgan fingerprint density at radius 1 is 1.17 bits per heavy atom. The number of pyridine rings is 1. The lowest BCUT2D eigenvalue weighted by atomic mass is 9.82. The molecule has 2 aliphatic carbocycles. The zero-order chi connectivity index (χ0) is 20.8. The third-order valence-electron chi connectivity index (χ3n) is 6.71. The van der Waals surface area contributed by atoms with E-state index >= 15 is 0 Å². The monoisotopic (exact) mass is 414 g/mol. The van der Waals surface area contributed by atoms with E-state index in [0.29, 0.717) is 12.5 Å². The SMILES string of the molecule is O=C(CCCC1NC(=O)C2CCCCC2N1)NC1CCC(Oc2cccnc2)CC1. The first kappa shape index (κ1) is 21.1. The van der Waals surface area contributed by atoms with Crippen molar-refractivity contribution in [2.24, 2.45) is 5.92 Å². The Bertz CT molecular complexity index is 706. The summed E-state index contributed by atoms with van der Waals surface area (Å²) in [4.78, 5) is 28.7. The number of nitrogens with one attached hydrogen (secondary N) is 3. The van der Waals surface area contributed by atoms with Crippen molar-refractivity contribution in [1.29, 1.82) is 0 Å². The second kappa shape index (κ2) is 10.2. The molecule has 2 amide bonds. The quantitative estimate of drug-likeness (QED) is 0.638. The Labute approximate surface area is 178 Å². The molecule has 3 atom stereocenters. The van der Waals surface area contributed by atoms with Gasteiger partial charge in [0.05, 0.1) is 24.4 Å². The first-order valence-corrected chi connectivity index (χ1v) is 11.6. The van der Waals surface area contributed by atoms with Gasteiger partial charge >= 0.3 is 0 Å². The van der Waals surface area contributed by atoms with Gasteiger partial charge in [-0.25, -0.2) is 0 Å². The van der Waals surface area contributed by atoms with E-state index in [2.05, 4.69) is 20.9 Å². The molecule has 1 saturated heterocycles. The number of rotatable bonds is 7. The summed E-state index contributed by atoms with van der Waals surface area (Å²) in [6, 6.07) is 4.36. The molecule has 30 heavy (non-hydrogen) atoms. The highest BCUT2D eigenvalue weighted by molar-refractivity contribution is 5.80. The van der Waals surface area contributed by atoms with E-state index in [9.17, 15) is 9.59 Å². The highest BCUT2D eigenvalue weighted by atomic mass is 16.5. The zero-order valence-electron chi connectivity index (χ0n) is 17.6. The molecule has 4 rings (SSSR count). The summed E-state index contributed by atoms with van der Waals surface area (Å²) in [6.45, 7) is 0. The van der Waals surface area contributed by atoms with Crippen molar-refractivity contribution in [3.05, 3.63) is 24.5 Å². The van der Waals surface area contributed by atoms with Crippen molar-refractivity contribution in [3.63, 3.8) is 0 Å². The van der Waals surface area contributed by atoms with Crippen LogP contribution >= 0.6 is 0 Å². The normalized spacial score (nSPS) is 31.3. The lowest BCUT2D eigenvalue weighted by molar-refractivity contribution is -0.130. The Kier molecular flexibility index (Phi) is 7.20. The molecule has 2 heterocycles. The minimum Gasteiger partial charge on any atom is -0.489 e. The molecule has 164 valence electrons. The van der Waals surface area contributed by atoms with Gasteiger partial charge in [-0.15, -0.1) is 0 Å². The van der Waals surface area contributed by atoms with Crippen molar-refractivity contribution in [3.8, 4) is 5.75 Å². The zero-order valence-corrected chi connectivity index (χ0v) is 17.6. The summed E-state index contributed by atoms with van der Waals surface area (Å²) in [5, 5.41) is 9.86. The van der Waals surface area contributed by atoms with Gasteiger partial charge in [0.15, 0.2) is 0 Å². The van der Waals surface area contributed by atoms with Gasteiger partial charge < -0.3 is 15.4 Å². The van der Waals surface area contributed by atoms with Crippen LogP contribution in [0.15, 0.2) is 24.5 Å². The number of ether oxygens (including phenoxy) is 1. The van der Waals surface area contributed by atoms with Crippen molar-refractivity contribution in [1.82, 2.24) is 20.9 Å². The average Bonchev–Trinajstić information content (AvgIpc) is 2.76. The number of hydrogen-bond donors (Lipinski definition) is 3. The van der Waals surface area contributed by atoms with Crippen LogP contribution < -0.4 is 20.7 Å². The van der Waals surface area contributed by atoms with Crippen LogP contribution in [0.4, 0.5) is 0 Å². The van der Waals surface area contributed by atoms with Crippen molar-refractivity contribution in [2.45, 2.75) is 95.0 Å². The van der Waals surface area contributed by atoms with Crippen LogP contribution in [-0.2, 0) is 9.59 Å². The number of aromatic nitrogens is 1. The molecule has 2 saturated carbocycles. The van der Waals surface area contributed by atoms with E-state index in [4.69, 9.17) is 4.74 Å². The molecular weight excluding hydrogens is 380 g/mol. The topological polar surface area (TPSA) is 92.4 Å². The lowest BCUT2D eigenvalue weighted by Crippen LogP contribution is -2.62. The van der Waals surface area contributed by atoms with Crippen molar-refractivity contribution < 1.29 is 14.3 Å². The highest BCUT2D eigenvalue weighted by Gasteiger charge is 2.37. The van der Waals surface area contributed by atoms with Crippen LogP contribution in [0.3, 0.4) is 0 Å². The summed E-state index contributed by atoms with van der Waals surface area (Å²) < 4.78 is 5.97. The summed E-state index contributed by atoms with van der Waals surface area (Å²) >= 11 is 0. The van der Waals surface area contributed by atoms with Gasteiger partial charge in [0.2, 0.25) is 11.8 Å². The van der Waals surface area contributed by atoms with E-state index in [1.807, 2.05) is 12.1 Å². The maximum atomic E-state index is 12.4. The summed E-state index contributed by atoms with van der Waals surface area (Å²) in [5.41, 5.74) is 0. The Morgan fingerprint density at radius 2 is 2.00 bits per heavy atom. The lowest BCUT2D eigenvalue weighted by Gasteiger charge is -2.40. The number of hydrogen-bond acceptors (Lipinski definition) is 5. The van der Waals surface area contributed by atoms with E-state index in [0.717, 1.165) is 63.5 Å². The second-order valence-corrected chi connectivity index (χ2v) is 8.97. The first-order valence-electron chi connectivity index (χ1n) is 11.6. The number of nitrogens with zero attached hydrogens (tertiary/aromatic N) is 1. The molecule has 0 radical (unpaired) electrons. The summed E-state index contributed by atoms with van der Waals surface area (Å²) in [5.74, 6) is 1.26. The molecular formula is C23H34N4O3. The molecule has 1 aromatic heterocycles. The largest absolute Gasteiger partial charge is 0.489 e. The Balaban J connectivity index is 1.11. The molecule has 1 aliphatic heterocycles. The molecule has 3 N–H and O–H groups in total. The minimum atomic E-state index is 0.00436. The second-order valence-electron chi connectivity index (χ2n) is 8.97. The summed E-state index contributed by atoms with van der Waals surface area (Å²) in [6.07, 6.45) is 14.0. The number of carbonyl (C=O) groups is 2. The van der Waals surface area contributed by atoms with Crippen molar-refractivity contribution >= 4 is 11.8 Å². The molecule has 1 aromatic rings. The van der Waals surface area contributed by atoms with Crippen LogP contribution in [0.2, 0.25) is 0 Å². The third-order valence-corrected chi connectivity index (χ3v) is 6.71. The standard InChI is InChI=1S/C23H34N4O3/c28-22(9-3-8-21-26-20-7-2-1-6-19(20)23(29)27-21)25-16-10-12-17(13-11-16)30-18-5-4-14-24-15-18/h4-5,14-17,19-21,26H,1-3,6-13H2,(H,25,28)(H,27,29). The van der Waals surface area contributed by atoms with Gasteiger partial charge in [0, 0.05) is 24.7 Å². The van der Waals surface area contributed by atoms with Gasteiger partial charge in [0.25, 0.3) is 0 Å². The molecule has 0 aromatic carbocycles. The summed E-state index contributed by atoms with van der Waals surface area (Å²) in [7, 11) is 0. The van der Waals surface area contributed by atoms with Crippen LogP contribution in [0.25, 0.3) is 0 Å². The first-order chi connectivity index (χ1) is 14.7. The van der Waals surface area contributed by atoms with Gasteiger partial charge in [-0.05, 0) is 63.5 Å². The van der Waals surface area contributed by atoms with Crippen LogP contribution in [0.1, 0.15) is 70.6 Å². The molecule has 3 unspecified atom stereocenters. The van der Waals surface area contributed by atoms with E-state index in [1.165, 1.54) is 6.42 Å². The molecule has 7 heteroatoms. The van der Waals surface area contributed by atoms with Gasteiger partial charge in [-0.1, -0.05) is 12.8 Å². The minimum absolute atomic E-state index is 0.00436. The number of carbonyl (C=O) groups excluding carboxylic acids is 2. The molecule has 3 fully saturated rings. The highest BCUT2D eigenvalue weighted by Crippen LogP contribution is 2.28. The Hall–Kier alpha value is -2.15. The van der Waals surface area contributed by atoms with Crippen LogP contribution in [0.5, 0.6) is 5.75 Å². The van der Waals surface area contributed by atoms with Gasteiger partial charge in [-0.2, -0.15) is 0 Å².